The Hall–Kier alpha value is -3.55. The summed E-state index contributed by atoms with van der Waals surface area (Å²) in [6, 6.07) is 6.48. The summed E-state index contributed by atoms with van der Waals surface area (Å²) in [5, 5.41) is 24.0. The van der Waals surface area contributed by atoms with E-state index in [1.807, 2.05) is 12.4 Å². The van der Waals surface area contributed by atoms with Crippen molar-refractivity contribution in [2.75, 3.05) is 6.54 Å². The van der Waals surface area contributed by atoms with E-state index in [1.165, 1.54) is 12.1 Å². The molecule has 2 aromatic heterocycles. The topological polar surface area (TPSA) is 152 Å². The third kappa shape index (κ3) is 3.54. The molecule has 4 heterocycles. The third-order valence-corrected chi connectivity index (χ3v) is 8.33. The Kier molecular flexibility index (Phi) is 5.12. The van der Waals surface area contributed by atoms with Gasteiger partial charge in [-0.15, -0.1) is 9.13 Å². The molecule has 0 unspecified atom stereocenters. The Morgan fingerprint density at radius 1 is 1.00 bits per heavy atom. The predicted octanol–water partition coefficient (Wildman–Crippen LogP) is -1.05. The first-order chi connectivity index (χ1) is 16.4. The molecule has 0 amide bonds. The van der Waals surface area contributed by atoms with E-state index in [0.717, 1.165) is 17.2 Å². The van der Waals surface area contributed by atoms with Crippen molar-refractivity contribution < 1.29 is 41.8 Å². The number of aliphatic carboxylic acids is 2. The SMILES string of the molecule is CC12n3cc[n+](CC(=O)O)c3C[N+]1(CCc1ccc(S(N)(=O)=O)cc1)Cc1n2cc[n+]1CC(=O)O. The second kappa shape index (κ2) is 7.73. The summed E-state index contributed by atoms with van der Waals surface area (Å²) in [5.74, 6) is -0.724. The molecule has 0 aliphatic carbocycles. The fourth-order valence-corrected chi connectivity index (χ4v) is 6.14. The van der Waals surface area contributed by atoms with Gasteiger partial charge >= 0.3 is 29.4 Å². The summed E-state index contributed by atoms with van der Waals surface area (Å²) >= 11 is 0. The summed E-state index contributed by atoms with van der Waals surface area (Å²) in [6.07, 6.45) is 7.93. The monoisotopic (exact) mass is 503 g/mol. The zero-order valence-corrected chi connectivity index (χ0v) is 19.9. The number of benzene rings is 1. The van der Waals surface area contributed by atoms with Crippen molar-refractivity contribution in [3.05, 3.63) is 66.3 Å². The number of quaternary nitrogens is 1. The van der Waals surface area contributed by atoms with Gasteiger partial charge in [0.15, 0.2) is 26.2 Å². The quantitative estimate of drug-likeness (QED) is 0.263. The van der Waals surface area contributed by atoms with E-state index in [2.05, 4.69) is 16.1 Å². The summed E-state index contributed by atoms with van der Waals surface area (Å²) in [5.41, 5.74) is 0.942. The standard InChI is InChI=1S/C22H24N6O6S/c1-22-26-9-7-24(12-20(29)30)18(26)14-28(22,15-19-25(13-21(31)32)8-10-27(19)22)11-6-16-2-4-17(5-3-16)35(23,33)34/h2-5,7-10H,6,11-15H2,1H3,(H-3,23,29,30,31,32,33,34)/p+3. The molecule has 2 aliphatic rings. The second-order valence-corrected chi connectivity index (χ2v) is 10.9. The molecular formula is C22H27N6O6S+3. The number of imidazole rings is 2. The molecule has 0 saturated heterocycles. The minimum Gasteiger partial charge on any atom is -0.478 e. The van der Waals surface area contributed by atoms with E-state index in [4.69, 9.17) is 5.14 Å². The Morgan fingerprint density at radius 3 is 1.91 bits per heavy atom. The van der Waals surface area contributed by atoms with Crippen LogP contribution < -0.4 is 14.3 Å². The number of carboxylic acids is 2. The normalized spacial score (nSPS) is 22.6. The summed E-state index contributed by atoms with van der Waals surface area (Å²) in [6.45, 7) is 3.56. The molecule has 0 fully saturated rings. The Morgan fingerprint density at radius 2 is 1.49 bits per heavy atom. The molecule has 0 spiro atoms. The number of sulfonamides is 1. The highest BCUT2D eigenvalue weighted by Crippen LogP contribution is 2.46. The van der Waals surface area contributed by atoms with Crippen LogP contribution in [0.5, 0.6) is 0 Å². The summed E-state index contributed by atoms with van der Waals surface area (Å²) in [7, 11) is -3.77. The largest absolute Gasteiger partial charge is 0.478 e. The minimum absolute atomic E-state index is 0.0526. The van der Waals surface area contributed by atoms with Gasteiger partial charge < -0.3 is 10.2 Å². The number of fused-ring (bicyclic) bond motifs is 5. The average Bonchev–Trinajstić information content (AvgIpc) is 3.45. The molecule has 4 N–H and O–H groups in total. The lowest BCUT2D eigenvalue weighted by Crippen LogP contribution is -2.58. The lowest BCUT2D eigenvalue weighted by atomic mass is 10.1. The molecular weight excluding hydrogens is 476 g/mol. The van der Waals surface area contributed by atoms with Gasteiger partial charge in [-0.05, 0) is 17.7 Å². The Bertz CT molecular complexity index is 1390. The fourth-order valence-electron chi connectivity index (χ4n) is 5.63. The highest BCUT2D eigenvalue weighted by molar-refractivity contribution is 7.89. The number of nitrogens with zero attached hydrogens (tertiary/aromatic N) is 5. The average molecular weight is 504 g/mol. The Labute approximate surface area is 201 Å². The molecule has 0 bridgehead atoms. The van der Waals surface area contributed by atoms with Crippen LogP contribution in [0.4, 0.5) is 0 Å². The molecule has 2 aliphatic heterocycles. The van der Waals surface area contributed by atoms with Crippen LogP contribution in [-0.2, 0) is 58.0 Å². The van der Waals surface area contributed by atoms with Crippen LogP contribution in [0.15, 0.2) is 53.9 Å². The van der Waals surface area contributed by atoms with E-state index in [9.17, 15) is 28.2 Å². The van der Waals surface area contributed by atoms with E-state index in [1.54, 1.807) is 33.7 Å². The van der Waals surface area contributed by atoms with Gasteiger partial charge in [0.2, 0.25) is 10.0 Å². The summed E-state index contributed by atoms with van der Waals surface area (Å²) in [4.78, 5) is 22.9. The van der Waals surface area contributed by atoms with Crippen molar-refractivity contribution in [1.29, 1.82) is 0 Å². The molecule has 13 heteroatoms. The van der Waals surface area contributed by atoms with E-state index < -0.39 is 27.7 Å². The second-order valence-electron chi connectivity index (χ2n) is 9.31. The van der Waals surface area contributed by atoms with Gasteiger partial charge in [-0.2, -0.15) is 0 Å². The van der Waals surface area contributed by atoms with E-state index >= 15 is 0 Å². The van der Waals surface area contributed by atoms with Crippen molar-refractivity contribution in [2.45, 2.75) is 50.2 Å². The summed E-state index contributed by atoms with van der Waals surface area (Å²) < 4.78 is 31.4. The number of rotatable bonds is 8. The van der Waals surface area contributed by atoms with Crippen LogP contribution in [0.2, 0.25) is 0 Å². The van der Waals surface area contributed by atoms with Gasteiger partial charge in [0.1, 0.15) is 24.8 Å². The van der Waals surface area contributed by atoms with Crippen molar-refractivity contribution in [3.63, 3.8) is 0 Å². The van der Waals surface area contributed by atoms with Crippen LogP contribution in [-0.4, -0.2) is 50.7 Å². The predicted molar refractivity (Wildman–Crippen MR) is 118 cm³/mol. The first-order valence-corrected chi connectivity index (χ1v) is 12.6. The van der Waals surface area contributed by atoms with Crippen LogP contribution in [0, 0.1) is 0 Å². The van der Waals surface area contributed by atoms with Gasteiger partial charge in [-0.25, -0.2) is 36.8 Å². The maximum absolute atomic E-state index is 11.6. The number of carboxylic acid groups (broad SMARTS) is 2. The number of primary sulfonamides is 1. The number of nitrogens with two attached hydrogens (primary N) is 1. The van der Waals surface area contributed by atoms with Crippen molar-refractivity contribution in [1.82, 2.24) is 9.13 Å². The molecule has 0 radical (unpaired) electrons. The zero-order valence-electron chi connectivity index (χ0n) is 19.1. The molecule has 184 valence electrons. The lowest BCUT2D eigenvalue weighted by molar-refractivity contribution is -1.01. The maximum atomic E-state index is 11.6. The van der Waals surface area contributed by atoms with Crippen molar-refractivity contribution >= 4 is 22.0 Å². The van der Waals surface area contributed by atoms with Crippen LogP contribution in [0.3, 0.4) is 0 Å². The number of hydrogen-bond acceptors (Lipinski definition) is 4. The third-order valence-electron chi connectivity index (χ3n) is 7.40. The number of carbonyl (C=O) groups is 2. The maximum Gasteiger partial charge on any atom is 0.386 e. The van der Waals surface area contributed by atoms with Crippen LogP contribution in [0.25, 0.3) is 0 Å². The molecule has 35 heavy (non-hydrogen) atoms. The molecule has 0 atom stereocenters. The van der Waals surface area contributed by atoms with Gasteiger partial charge in [-0.1, -0.05) is 12.1 Å². The van der Waals surface area contributed by atoms with Gasteiger partial charge in [0.05, 0.1) is 18.4 Å². The van der Waals surface area contributed by atoms with E-state index in [-0.39, 0.29) is 18.0 Å². The molecule has 12 nitrogen and oxygen atoms in total. The van der Waals surface area contributed by atoms with Crippen LogP contribution >= 0.6 is 0 Å². The van der Waals surface area contributed by atoms with Gasteiger partial charge in [-0.3, -0.25) is 0 Å². The van der Waals surface area contributed by atoms with Crippen molar-refractivity contribution in [3.8, 4) is 0 Å². The molecule has 5 rings (SSSR count). The zero-order chi connectivity index (χ0) is 25.2. The van der Waals surface area contributed by atoms with Crippen LogP contribution in [0.1, 0.15) is 24.1 Å². The molecule has 1 aromatic carbocycles. The highest BCUT2D eigenvalue weighted by Gasteiger charge is 2.71. The number of hydrogen-bond donors (Lipinski definition) is 3. The van der Waals surface area contributed by atoms with Gasteiger partial charge in [0.25, 0.3) is 0 Å². The number of aromatic nitrogens is 4. The molecule has 0 saturated carbocycles. The fraction of sp³-hybridized carbons (Fsp3) is 0.364. The van der Waals surface area contributed by atoms with Gasteiger partial charge in [0, 0.05) is 6.42 Å². The first kappa shape index (κ1) is 23.2. The lowest BCUT2D eigenvalue weighted by Gasteiger charge is -2.35. The minimum atomic E-state index is -3.77. The highest BCUT2D eigenvalue weighted by atomic mass is 32.2. The smallest absolute Gasteiger partial charge is 0.386 e. The molecule has 3 aromatic rings. The van der Waals surface area contributed by atoms with E-state index in [0.29, 0.717) is 30.5 Å². The van der Waals surface area contributed by atoms with Crippen molar-refractivity contribution in [2.24, 2.45) is 5.14 Å². The first-order valence-electron chi connectivity index (χ1n) is 11.1. The Balaban J connectivity index is 1.53.